The van der Waals surface area contributed by atoms with Crippen molar-refractivity contribution in [1.82, 2.24) is 50.3 Å². The zero-order valence-corrected chi connectivity index (χ0v) is 98.6. The number of carbonyl (C=O) groups is 1. The standard InChI is InChI=1S/C22H34N2OS.C21H32N2O4S.C21H32N2O2S.C21H32N2OS.C17H26N2O2S.C17H25NO2S/c1-22(2,3)17-10-12-21(13-11-17)26(4,25)24-16-19-14-20(24)15-23(19)18-8-6-5-7-9-18;1-20(2,3)15-7-11-18(12-8-15)28(25,26)22-13-16-9-10-17(14-22)23(16)19(24)27-21(4,5)6;1-21(2,3)16-8-12-20(13-9-16)26(24,25)22-14-18-10-11-19(15-22)23(18)17-6-4-5-7-17;1-21(2,3)16-9-11-20(12-10-16)25(4,24)23-15-18-13-19(23)14-22(18)17-7-5-6-8-17;1-17(2,3)13-5-9-16(10-6-13)22(20,21)19-11-14-7-8-15(12-19)18(14)4;1-17(2,3)15-6-8-16(9-7-15)21(19,20)18-11-13-4-5-14(10-13)12-18/h10-13,18-20H,4-9,14-16H2,1-3H3;7-8,11-12,16-17H,9-10,13-14H2,1-6H3;8-9,12-13,17-19H,4-7,10-11,14-15H2,1-3H3;9-12,17-19H,4-8,13-15H2,1-3H3;5-6,9-10,14-15H,7-8,11-12H2,1-4H3;6-9,13-14H,4-5,10-12H2,1-3H3/t19-,20-,26?;;;18-,19-,25?;;/m0..0../s1. The second-order valence-corrected chi connectivity index (χ2v) is 65.5. The van der Waals surface area contributed by atoms with Gasteiger partial charge in [0.15, 0.2) is 0 Å². The molecule has 6 aromatic carbocycles. The summed E-state index contributed by atoms with van der Waals surface area (Å²) in [6.45, 7) is 53.0. The van der Waals surface area contributed by atoms with Crippen LogP contribution in [0.2, 0.25) is 0 Å². The number of rotatable bonds is 15. The number of benzene rings is 6. The second kappa shape index (κ2) is 44.2. The maximum atomic E-state index is 13.6. The highest BCUT2D eigenvalue weighted by Crippen LogP contribution is 2.47. The van der Waals surface area contributed by atoms with Gasteiger partial charge >= 0.3 is 6.09 Å². The largest absolute Gasteiger partial charge is 0.444 e. The number of likely N-dealkylation sites (N-methyl/N-ethyl adjacent to an activating group) is 1. The Balaban J connectivity index is 0.000000127. The maximum Gasteiger partial charge on any atom is 0.410 e. The first-order chi connectivity index (χ1) is 69.0. The van der Waals surface area contributed by atoms with Gasteiger partial charge in [0.2, 0.25) is 40.1 Å². The predicted octanol–water partition coefficient (Wildman–Crippen LogP) is 21.1. The molecule has 15 fully saturated rings. The molecule has 4 saturated carbocycles. The molecule has 11 aliphatic heterocycles. The van der Waals surface area contributed by atoms with Crippen LogP contribution in [0.1, 0.15) is 333 Å². The van der Waals surface area contributed by atoms with Gasteiger partial charge in [-0.25, -0.2) is 55.5 Å². The molecule has 10 unspecified atom stereocenters. The van der Waals surface area contributed by atoms with Gasteiger partial charge in [0.25, 0.3) is 0 Å². The van der Waals surface area contributed by atoms with Gasteiger partial charge in [-0.05, 0) is 299 Å². The van der Waals surface area contributed by atoms with E-state index >= 15 is 0 Å². The predicted molar refractivity (Wildman–Crippen MR) is 604 cm³/mol. The lowest BCUT2D eigenvalue weighted by Crippen LogP contribution is -2.57. The molecule has 15 aliphatic rings. The van der Waals surface area contributed by atoms with Crippen LogP contribution < -0.4 is 0 Å². The molecule has 11 saturated heterocycles. The van der Waals surface area contributed by atoms with E-state index in [4.69, 9.17) is 4.74 Å². The normalized spacial score (nSPS) is 28.0. The highest BCUT2D eigenvalue weighted by atomic mass is 32.2. The van der Waals surface area contributed by atoms with Crippen LogP contribution >= 0.6 is 0 Å². The van der Waals surface area contributed by atoms with Crippen LogP contribution in [-0.2, 0) is 96.7 Å². The number of fused-ring (bicyclic) bond motifs is 12. The average molecular weight is 2150 g/mol. The minimum atomic E-state index is -3.58. The number of hydrogen-bond acceptors (Lipinski definition) is 16. The fourth-order valence-corrected chi connectivity index (χ4v) is 36.4. The Kier molecular flexibility index (Phi) is 34.2. The first-order valence-electron chi connectivity index (χ1n) is 56.0. The number of nitrogens with zero attached hydrogens (tertiary/aromatic N) is 11. The van der Waals surface area contributed by atoms with E-state index < -0.39 is 65.1 Å². The number of carbonyl (C=O) groups excluding carboxylic acids is 1. The molecule has 0 radical (unpaired) electrons. The molecule has 0 N–H and O–H groups in total. The van der Waals surface area contributed by atoms with Gasteiger partial charge in [0.1, 0.15) is 5.60 Å². The highest BCUT2D eigenvalue weighted by molar-refractivity contribution is 7.98. The topological polar surface area (TPSA) is 233 Å². The summed E-state index contributed by atoms with van der Waals surface area (Å²) < 4.78 is 148. The number of likely N-dealkylation sites (tertiary alicyclic amines) is 2. The van der Waals surface area contributed by atoms with Gasteiger partial charge in [-0.2, -0.15) is 17.2 Å². The Morgan fingerprint density at radius 3 is 0.770 bits per heavy atom. The van der Waals surface area contributed by atoms with Gasteiger partial charge in [-0.3, -0.25) is 24.5 Å². The fraction of sp³-hybridized carbons (Fsp3) is 0.672. The molecule has 820 valence electrons. The summed E-state index contributed by atoms with van der Waals surface area (Å²) in [5.41, 5.74) is 6.92. The zero-order valence-electron chi connectivity index (χ0n) is 93.7. The Labute approximate surface area is 894 Å². The number of sulfonamides is 4. The van der Waals surface area contributed by atoms with Crippen LogP contribution in [-0.4, -0.2) is 280 Å². The Morgan fingerprint density at radius 1 is 0.257 bits per heavy atom. The minimum absolute atomic E-state index is 0.0273. The van der Waals surface area contributed by atoms with Crippen molar-refractivity contribution >= 4 is 77.3 Å². The average Bonchev–Trinajstić information content (AvgIpc) is 1.60. The summed E-state index contributed by atoms with van der Waals surface area (Å²) in [4.78, 5) is 28.2. The van der Waals surface area contributed by atoms with E-state index in [1.807, 2.05) is 93.6 Å². The lowest BCUT2D eigenvalue weighted by molar-refractivity contribution is 0.00378. The quantitative estimate of drug-likeness (QED) is 0.0870. The van der Waals surface area contributed by atoms with E-state index in [1.54, 1.807) is 66.3 Å². The SMILES string of the molecule is C=S(=O)(c1ccc(C(C)(C)C)cc1)N1C[C@@H]2C[C@H]1CN2C1CCCC1.C=S(=O)(c1ccc(C(C)(C)C)cc1)N1C[C@@H]2C[C@H]1CN2C1CCCCC1.CC(C)(C)OC(=O)N1C2CCC1CN(S(=O)(=O)c1ccc(C(C)(C)C)cc1)C2.CC(C)(C)c1ccc(S(=O)(=O)N2CC3CCC(C2)N3C2CCCC2)cc1.CC(C)(C)c1ccc(S(=O)(=O)N2CC3CCC(C3)C2)cc1.CN1C2CCC1CN(S(=O)(=O)c1ccc(C(C)(C)C)cc1)C2. The third kappa shape index (κ3) is 25.6. The fourth-order valence-electron chi connectivity index (χ4n) is 26.5. The van der Waals surface area contributed by atoms with Crippen molar-refractivity contribution in [3.05, 3.63) is 179 Å². The van der Waals surface area contributed by atoms with Gasteiger partial charge in [0, 0.05) is 167 Å². The molecule has 23 nitrogen and oxygen atoms in total. The summed E-state index contributed by atoms with van der Waals surface area (Å²) >= 11 is 0. The van der Waals surface area contributed by atoms with E-state index in [2.05, 4.69) is 196 Å². The first-order valence-corrected chi connectivity index (χ1v) is 65.1. The molecule has 29 heteroatoms. The Hall–Kier alpha value is -5.97. The van der Waals surface area contributed by atoms with E-state index in [1.165, 1.54) is 142 Å². The Bertz CT molecular complexity index is 6230. The molecule has 14 atom stereocenters. The van der Waals surface area contributed by atoms with Crippen LogP contribution in [0.15, 0.2) is 175 Å². The van der Waals surface area contributed by atoms with Gasteiger partial charge in [-0.15, -0.1) is 0 Å². The number of piperidine rings is 1. The molecule has 21 rings (SSSR count). The van der Waals surface area contributed by atoms with Crippen LogP contribution in [0.5, 0.6) is 0 Å². The lowest BCUT2D eigenvalue weighted by atomic mass is 9.87. The molecule has 1 amide bonds. The molecule has 0 aromatic heterocycles. The number of amides is 1. The second-order valence-electron chi connectivity index (χ2n) is 53.3. The van der Waals surface area contributed by atoms with Crippen molar-refractivity contribution < 1.29 is 51.6 Å². The zero-order chi connectivity index (χ0) is 107. The van der Waals surface area contributed by atoms with E-state index in [0.29, 0.717) is 138 Å². The molecule has 12 bridgehead atoms. The monoisotopic (exact) mass is 2150 g/mol. The number of ether oxygens (including phenoxy) is 1. The van der Waals surface area contributed by atoms with Gasteiger partial charge < -0.3 is 4.74 Å². The molecule has 11 heterocycles. The highest BCUT2D eigenvalue weighted by Gasteiger charge is 2.54. The maximum absolute atomic E-state index is 13.6. The Morgan fingerprint density at radius 2 is 0.500 bits per heavy atom. The van der Waals surface area contributed by atoms with Crippen LogP contribution in [0.25, 0.3) is 0 Å². The summed E-state index contributed by atoms with van der Waals surface area (Å²) in [5, 5.41) is 0. The van der Waals surface area contributed by atoms with E-state index in [0.717, 1.165) is 97.7 Å². The van der Waals surface area contributed by atoms with Crippen molar-refractivity contribution in [2.45, 2.75) is 446 Å². The summed E-state index contributed by atoms with van der Waals surface area (Å²) in [5.74, 6) is 9.55. The third-order valence-corrected chi connectivity index (χ3v) is 47.2. The van der Waals surface area contributed by atoms with Crippen molar-refractivity contribution in [2.75, 3.05) is 85.6 Å². The first kappa shape index (κ1) is 115. The molecular weight excluding hydrogens is 1970 g/mol. The number of piperazine rings is 5. The lowest BCUT2D eigenvalue weighted by Gasteiger charge is -2.43. The van der Waals surface area contributed by atoms with Crippen molar-refractivity contribution in [3.8, 4) is 0 Å². The van der Waals surface area contributed by atoms with Crippen molar-refractivity contribution in [2.24, 2.45) is 11.8 Å². The van der Waals surface area contributed by atoms with Gasteiger partial charge in [-0.1, -0.05) is 242 Å². The van der Waals surface area contributed by atoms with Crippen LogP contribution in [0.4, 0.5) is 4.79 Å². The summed E-state index contributed by atoms with van der Waals surface area (Å²) in [7, 11) is -16.3. The van der Waals surface area contributed by atoms with Crippen LogP contribution in [0.3, 0.4) is 0 Å². The van der Waals surface area contributed by atoms with Crippen molar-refractivity contribution in [1.29, 1.82) is 0 Å². The number of hydrogen-bond donors (Lipinski definition) is 0. The molecular formula is C119H181N11O12S6. The van der Waals surface area contributed by atoms with Gasteiger partial charge in [0.05, 0.1) is 39.0 Å². The third-order valence-electron chi connectivity index (χ3n) is 35.4. The van der Waals surface area contributed by atoms with Crippen LogP contribution in [0, 0.1) is 11.8 Å². The molecule has 0 spiro atoms. The molecule has 148 heavy (non-hydrogen) atoms. The summed E-state index contributed by atoms with van der Waals surface area (Å²) in [6.07, 6.45) is 29.4. The smallest absolute Gasteiger partial charge is 0.410 e. The molecule has 4 aliphatic carbocycles. The van der Waals surface area contributed by atoms with Crippen molar-refractivity contribution in [3.63, 3.8) is 0 Å². The molecule has 6 aromatic rings. The summed E-state index contributed by atoms with van der Waals surface area (Å²) in [6, 6.07) is 51.8. The van der Waals surface area contributed by atoms with E-state index in [9.17, 15) is 46.9 Å². The van der Waals surface area contributed by atoms with E-state index in [-0.39, 0.29) is 50.7 Å². The minimum Gasteiger partial charge on any atom is -0.444 e.